The molecule has 2 aliphatic heterocycles. The van der Waals surface area contributed by atoms with E-state index in [0.29, 0.717) is 11.5 Å². The fourth-order valence-corrected chi connectivity index (χ4v) is 7.45. The number of thioether (sulfide) groups is 1. The summed E-state index contributed by atoms with van der Waals surface area (Å²) in [6, 6.07) is 10.3. The zero-order valence-corrected chi connectivity index (χ0v) is 24.6. The molecular formula is C30H31N11OS. The highest BCUT2D eigenvalue weighted by Crippen LogP contribution is 2.46. The molecule has 0 spiro atoms. The SMILES string of the molecule is CSc1c(C2CC3CCC(C2)N3C(=O)C(N)=NC=N)nc2c(-c3ccc(-c4ccc5nn(C)cc5c4)nc3)cnn2c1N. The van der Waals surface area contributed by atoms with Crippen LogP contribution in [0, 0.1) is 5.41 Å². The molecule has 7 rings (SSSR count). The van der Waals surface area contributed by atoms with E-state index >= 15 is 0 Å². The van der Waals surface area contributed by atoms with E-state index in [9.17, 15) is 4.79 Å². The second-order valence-corrected chi connectivity index (χ2v) is 11.9. The third-order valence-electron chi connectivity index (χ3n) is 8.63. The summed E-state index contributed by atoms with van der Waals surface area (Å²) >= 11 is 1.57. The predicted molar refractivity (Wildman–Crippen MR) is 168 cm³/mol. The Morgan fingerprint density at radius 3 is 2.60 bits per heavy atom. The van der Waals surface area contributed by atoms with Crippen molar-refractivity contribution in [1.82, 2.24) is 34.3 Å². The maximum Gasteiger partial charge on any atom is 0.289 e. The van der Waals surface area contributed by atoms with Crippen LogP contribution in [0.4, 0.5) is 5.82 Å². The normalized spacial score (nSPS) is 20.3. The first kappa shape index (κ1) is 27.1. The fraction of sp³-hybridized carbons (Fsp3) is 0.300. The third kappa shape index (κ3) is 4.51. The van der Waals surface area contributed by atoms with Crippen LogP contribution in [0.1, 0.15) is 37.3 Å². The number of aryl methyl sites for hydroxylation is 1. The number of hydrogen-bond acceptors (Lipinski definition) is 8. The summed E-state index contributed by atoms with van der Waals surface area (Å²) in [6.07, 6.45) is 11.8. The number of fused-ring (bicyclic) bond motifs is 4. The van der Waals surface area contributed by atoms with Crippen LogP contribution in [0.2, 0.25) is 0 Å². The Morgan fingerprint density at radius 2 is 1.91 bits per heavy atom. The Bertz CT molecular complexity index is 1910. The first-order valence-electron chi connectivity index (χ1n) is 14.1. The number of aliphatic imine (C=N–C) groups is 1. The first-order valence-corrected chi connectivity index (χ1v) is 15.3. The number of rotatable bonds is 5. The van der Waals surface area contributed by atoms with Crippen molar-refractivity contribution in [2.24, 2.45) is 17.8 Å². The molecule has 12 nitrogen and oxygen atoms in total. The van der Waals surface area contributed by atoms with Gasteiger partial charge >= 0.3 is 0 Å². The number of carbonyl (C=O) groups excluding carboxylic acids is 1. The van der Waals surface area contributed by atoms with Crippen molar-refractivity contribution in [3.8, 4) is 22.4 Å². The minimum absolute atomic E-state index is 0.0386. The quantitative estimate of drug-likeness (QED) is 0.157. The number of nitrogen functional groups attached to an aromatic ring is 1. The molecular weight excluding hydrogens is 562 g/mol. The second-order valence-electron chi connectivity index (χ2n) is 11.1. The molecule has 0 aliphatic carbocycles. The van der Waals surface area contributed by atoms with Gasteiger partial charge in [-0.3, -0.25) is 19.9 Å². The molecule has 218 valence electrons. The molecule has 2 saturated heterocycles. The monoisotopic (exact) mass is 593 g/mol. The van der Waals surface area contributed by atoms with Crippen LogP contribution in [0.25, 0.3) is 38.9 Å². The van der Waals surface area contributed by atoms with Crippen molar-refractivity contribution in [3.63, 3.8) is 0 Å². The molecule has 1 aromatic carbocycles. The van der Waals surface area contributed by atoms with Crippen LogP contribution in [0.15, 0.2) is 58.8 Å². The van der Waals surface area contributed by atoms with Gasteiger partial charge in [-0.2, -0.15) is 14.7 Å². The van der Waals surface area contributed by atoms with E-state index in [-0.39, 0.29) is 29.7 Å². The van der Waals surface area contributed by atoms with Gasteiger partial charge in [0, 0.05) is 59.5 Å². The number of pyridine rings is 1. The number of amidine groups is 1. The number of carbonyl (C=O) groups is 1. The minimum Gasteiger partial charge on any atom is -0.383 e. The second kappa shape index (κ2) is 10.5. The Balaban J connectivity index is 1.22. The van der Waals surface area contributed by atoms with Crippen molar-refractivity contribution in [3.05, 3.63) is 54.6 Å². The van der Waals surface area contributed by atoms with Crippen LogP contribution >= 0.6 is 11.8 Å². The molecule has 2 fully saturated rings. The number of piperidine rings is 1. The third-order valence-corrected chi connectivity index (χ3v) is 9.46. The van der Waals surface area contributed by atoms with Gasteiger partial charge in [0.15, 0.2) is 11.5 Å². The molecule has 1 amide bonds. The summed E-state index contributed by atoms with van der Waals surface area (Å²) in [4.78, 5) is 29.4. The predicted octanol–water partition coefficient (Wildman–Crippen LogP) is 3.85. The topological polar surface area (TPSA) is 169 Å². The lowest BCUT2D eigenvalue weighted by Crippen LogP contribution is -2.50. The van der Waals surface area contributed by atoms with Crippen molar-refractivity contribution < 1.29 is 4.79 Å². The molecule has 4 aromatic heterocycles. The molecule has 2 aliphatic rings. The summed E-state index contributed by atoms with van der Waals surface area (Å²) in [5, 5.41) is 17.3. The number of hydrogen-bond donors (Lipinski definition) is 3. The Morgan fingerprint density at radius 1 is 1.14 bits per heavy atom. The average Bonchev–Trinajstić information content (AvgIpc) is 3.68. The highest BCUT2D eigenvalue weighted by molar-refractivity contribution is 7.98. The lowest BCUT2D eigenvalue weighted by molar-refractivity contribution is -0.128. The highest BCUT2D eigenvalue weighted by atomic mass is 32.2. The number of amides is 1. The minimum atomic E-state index is -0.295. The van der Waals surface area contributed by atoms with Gasteiger partial charge < -0.3 is 16.4 Å². The molecule has 2 atom stereocenters. The van der Waals surface area contributed by atoms with Gasteiger partial charge in [0.1, 0.15) is 12.2 Å². The van der Waals surface area contributed by atoms with Crippen molar-refractivity contribution in [2.45, 2.75) is 48.6 Å². The van der Waals surface area contributed by atoms with Crippen molar-refractivity contribution in [2.75, 3.05) is 12.0 Å². The van der Waals surface area contributed by atoms with Crippen molar-refractivity contribution in [1.29, 1.82) is 5.41 Å². The zero-order valence-electron chi connectivity index (χ0n) is 23.8. The number of nitrogens with one attached hydrogen (secondary N) is 1. The molecule has 2 unspecified atom stereocenters. The molecule has 0 saturated carbocycles. The molecule has 43 heavy (non-hydrogen) atoms. The highest BCUT2D eigenvalue weighted by Gasteiger charge is 2.45. The molecule has 0 radical (unpaired) electrons. The standard InChI is InChI=1S/C30H31N11OS/c1-39-14-19-9-16(3-8-24(19)38-39)23-7-4-17(12-34-23)22-13-36-41-28(33)26(43-2)25(37-29(22)41)18-10-20-5-6-21(11-18)40(20)30(42)27(32)35-15-31/h3-4,7-9,12-15,18,20-21H,5-6,10-11,33H2,1-2H3,(H3,31,32,35). The van der Waals surface area contributed by atoms with Gasteiger partial charge in [0.2, 0.25) is 0 Å². The van der Waals surface area contributed by atoms with Gasteiger partial charge in [-0.25, -0.2) is 9.98 Å². The molecule has 6 heterocycles. The van der Waals surface area contributed by atoms with E-state index in [1.165, 1.54) is 0 Å². The summed E-state index contributed by atoms with van der Waals surface area (Å²) in [5.41, 5.74) is 18.8. The maximum atomic E-state index is 13.0. The van der Waals surface area contributed by atoms with E-state index in [1.807, 2.05) is 59.5 Å². The van der Waals surface area contributed by atoms with Gasteiger partial charge in [-0.15, -0.1) is 11.8 Å². The van der Waals surface area contributed by atoms with Crippen LogP contribution < -0.4 is 11.5 Å². The first-order chi connectivity index (χ1) is 20.9. The van der Waals surface area contributed by atoms with E-state index in [2.05, 4.69) is 21.3 Å². The summed E-state index contributed by atoms with van der Waals surface area (Å²) in [7, 11) is 1.92. The van der Waals surface area contributed by atoms with E-state index in [0.717, 1.165) is 75.9 Å². The summed E-state index contributed by atoms with van der Waals surface area (Å²) < 4.78 is 3.51. The van der Waals surface area contributed by atoms with Gasteiger partial charge in [-0.1, -0.05) is 12.1 Å². The molecule has 5 N–H and O–H groups in total. The van der Waals surface area contributed by atoms with Crippen LogP contribution in [0.5, 0.6) is 0 Å². The summed E-state index contributed by atoms with van der Waals surface area (Å²) in [5.74, 6) is 0.251. The molecule has 13 heteroatoms. The average molecular weight is 594 g/mol. The van der Waals surface area contributed by atoms with Crippen LogP contribution in [0.3, 0.4) is 0 Å². The maximum absolute atomic E-state index is 13.0. The smallest absolute Gasteiger partial charge is 0.289 e. The van der Waals surface area contributed by atoms with Gasteiger partial charge in [0.25, 0.3) is 5.91 Å². The molecule has 2 bridgehead atoms. The van der Waals surface area contributed by atoms with Gasteiger partial charge in [0.05, 0.1) is 28.0 Å². The fourth-order valence-electron chi connectivity index (χ4n) is 6.73. The van der Waals surface area contributed by atoms with E-state index < -0.39 is 0 Å². The van der Waals surface area contributed by atoms with Crippen LogP contribution in [-0.4, -0.2) is 70.7 Å². The number of aromatic nitrogens is 6. The van der Waals surface area contributed by atoms with Crippen molar-refractivity contribution >= 4 is 52.2 Å². The Hall–Kier alpha value is -4.78. The lowest BCUT2D eigenvalue weighted by atomic mass is 9.87. The van der Waals surface area contributed by atoms with E-state index in [1.54, 1.807) is 22.5 Å². The summed E-state index contributed by atoms with van der Waals surface area (Å²) in [6.45, 7) is 0. The molecule has 5 aromatic rings. The number of nitrogens with two attached hydrogens (primary N) is 2. The Kier molecular flexibility index (Phi) is 6.61. The Labute approximate surface area is 251 Å². The number of benzene rings is 1. The largest absolute Gasteiger partial charge is 0.383 e. The number of nitrogens with zero attached hydrogens (tertiary/aromatic N) is 8. The lowest BCUT2D eigenvalue weighted by Gasteiger charge is -2.39. The zero-order chi connectivity index (χ0) is 29.8. The van der Waals surface area contributed by atoms with E-state index in [4.69, 9.17) is 26.8 Å². The van der Waals surface area contributed by atoms with Crippen LogP contribution in [-0.2, 0) is 11.8 Å². The van der Waals surface area contributed by atoms with Gasteiger partial charge in [-0.05, 0) is 50.1 Å². The number of anilines is 1.